The Balaban J connectivity index is 5.54. The van der Waals surface area contributed by atoms with Crippen molar-refractivity contribution >= 4 is 0 Å². The molecule has 0 heterocycles. The first-order valence-electron chi connectivity index (χ1n) is 3.57. The summed E-state index contributed by atoms with van der Waals surface area (Å²) in [5, 5.41) is 0. The van der Waals surface area contributed by atoms with E-state index in [9.17, 15) is 30.7 Å². The monoisotopic (exact) mass is 226 g/mol. The van der Waals surface area contributed by atoms with Gasteiger partial charge in [0.1, 0.15) is 0 Å². The zero-order chi connectivity index (χ0) is 12.0. The lowest BCUT2D eigenvalue weighted by atomic mass is 9.77. The maximum atomic E-state index is 12.6. The molecule has 86 valence electrons. The Morgan fingerprint density at radius 3 is 0.786 bits per heavy atom. The van der Waals surface area contributed by atoms with Gasteiger partial charge in [-0.25, -0.2) is 17.6 Å². The van der Waals surface area contributed by atoms with Crippen molar-refractivity contribution in [3.63, 3.8) is 0 Å². The molecular weight excluding hydrogens is 217 g/mol. The molecule has 0 aromatic carbocycles. The van der Waals surface area contributed by atoms with Crippen LogP contribution in [0.4, 0.5) is 30.7 Å². The van der Waals surface area contributed by atoms with Crippen molar-refractivity contribution in [3.8, 4) is 0 Å². The Bertz CT molecular complexity index is 168. The molecule has 7 heteroatoms. The summed E-state index contributed by atoms with van der Waals surface area (Å²) in [6, 6.07) is 0. The maximum absolute atomic E-state index is 12.6. The fraction of sp³-hybridized carbons (Fsp3) is 1.00. The van der Waals surface area contributed by atoms with Gasteiger partial charge in [0.2, 0.25) is 0 Å². The van der Waals surface area contributed by atoms with E-state index in [1.54, 1.807) is 0 Å². The average molecular weight is 226 g/mol. The molecule has 0 aliphatic heterocycles. The van der Waals surface area contributed by atoms with Gasteiger partial charge in [0.25, 0.3) is 11.8 Å². The van der Waals surface area contributed by atoms with Gasteiger partial charge < -0.3 is 0 Å². The largest absolute Gasteiger partial charge is 0.405 e. The lowest BCUT2D eigenvalue weighted by Gasteiger charge is -2.40. The molecule has 0 aliphatic carbocycles. The second-order valence-electron chi connectivity index (χ2n) is 3.40. The van der Waals surface area contributed by atoms with Crippen LogP contribution in [0.3, 0.4) is 0 Å². The lowest BCUT2D eigenvalue weighted by molar-refractivity contribution is -0.350. The van der Waals surface area contributed by atoms with Crippen LogP contribution in [-0.2, 0) is 0 Å². The SMILES string of the molecule is CC(F)(F)C(C)(C(C)(F)F)C(F)(F)F. The Morgan fingerprint density at radius 1 is 0.571 bits per heavy atom. The first-order valence-corrected chi connectivity index (χ1v) is 3.57. The van der Waals surface area contributed by atoms with Crippen LogP contribution in [0.15, 0.2) is 0 Å². The molecule has 14 heavy (non-hydrogen) atoms. The molecule has 0 aliphatic rings. The summed E-state index contributed by atoms with van der Waals surface area (Å²) >= 11 is 0. The Labute approximate surface area is 76.1 Å². The van der Waals surface area contributed by atoms with Crippen molar-refractivity contribution in [1.82, 2.24) is 0 Å². The van der Waals surface area contributed by atoms with Crippen molar-refractivity contribution in [2.75, 3.05) is 0 Å². The summed E-state index contributed by atoms with van der Waals surface area (Å²) in [6.45, 7) is -0.525. The van der Waals surface area contributed by atoms with E-state index in [1.165, 1.54) is 0 Å². The fourth-order valence-corrected chi connectivity index (χ4v) is 0.883. The van der Waals surface area contributed by atoms with Crippen LogP contribution in [0, 0.1) is 5.41 Å². The summed E-state index contributed by atoms with van der Waals surface area (Å²) in [5.41, 5.74) is -4.35. The second kappa shape index (κ2) is 3.00. The van der Waals surface area contributed by atoms with Gasteiger partial charge in [0.15, 0.2) is 5.41 Å². The van der Waals surface area contributed by atoms with E-state index in [2.05, 4.69) is 0 Å². The van der Waals surface area contributed by atoms with Gasteiger partial charge in [-0.3, -0.25) is 0 Å². The van der Waals surface area contributed by atoms with E-state index < -0.39 is 23.4 Å². The molecule has 0 radical (unpaired) electrons. The fourth-order valence-electron chi connectivity index (χ4n) is 0.883. The van der Waals surface area contributed by atoms with Crippen LogP contribution in [0.2, 0.25) is 0 Å². The Hall–Kier alpha value is -0.490. The van der Waals surface area contributed by atoms with Crippen molar-refractivity contribution in [2.45, 2.75) is 38.8 Å². The van der Waals surface area contributed by atoms with Crippen LogP contribution in [0.25, 0.3) is 0 Å². The third-order valence-corrected chi connectivity index (χ3v) is 2.32. The smallest absolute Gasteiger partial charge is 0.206 e. The summed E-state index contributed by atoms with van der Waals surface area (Å²) in [5.74, 6) is -9.10. The third-order valence-electron chi connectivity index (χ3n) is 2.32. The molecule has 0 N–H and O–H groups in total. The molecule has 0 aromatic heterocycles. The highest BCUT2D eigenvalue weighted by atomic mass is 19.4. The van der Waals surface area contributed by atoms with E-state index >= 15 is 0 Å². The molecule has 0 saturated heterocycles. The van der Waals surface area contributed by atoms with Gasteiger partial charge in [-0.1, -0.05) is 0 Å². The highest BCUT2D eigenvalue weighted by Gasteiger charge is 2.74. The second-order valence-corrected chi connectivity index (χ2v) is 3.40. The van der Waals surface area contributed by atoms with Gasteiger partial charge in [0.05, 0.1) is 0 Å². The summed E-state index contributed by atoms with van der Waals surface area (Å²) in [6.07, 6.45) is -5.68. The summed E-state index contributed by atoms with van der Waals surface area (Å²) in [4.78, 5) is 0. The molecule has 0 nitrogen and oxygen atoms in total. The molecule has 0 aromatic rings. The molecule has 0 rings (SSSR count). The van der Waals surface area contributed by atoms with Crippen LogP contribution in [0.1, 0.15) is 20.8 Å². The van der Waals surface area contributed by atoms with E-state index in [1.807, 2.05) is 0 Å². The lowest BCUT2D eigenvalue weighted by Crippen LogP contribution is -2.58. The number of rotatable bonds is 2. The van der Waals surface area contributed by atoms with Gasteiger partial charge in [-0.15, -0.1) is 0 Å². The molecule has 0 bridgehead atoms. The van der Waals surface area contributed by atoms with Crippen molar-refractivity contribution in [1.29, 1.82) is 0 Å². The van der Waals surface area contributed by atoms with Crippen LogP contribution >= 0.6 is 0 Å². The first kappa shape index (κ1) is 13.5. The van der Waals surface area contributed by atoms with Crippen LogP contribution in [0.5, 0.6) is 0 Å². The number of hydrogen-bond donors (Lipinski definition) is 0. The van der Waals surface area contributed by atoms with Crippen LogP contribution in [-0.4, -0.2) is 18.0 Å². The van der Waals surface area contributed by atoms with E-state index in [-0.39, 0.29) is 20.8 Å². The molecule has 0 spiro atoms. The Morgan fingerprint density at radius 2 is 0.786 bits per heavy atom. The molecular formula is C7H9F7. The minimum Gasteiger partial charge on any atom is -0.206 e. The predicted octanol–water partition coefficient (Wildman–Crippen LogP) is 3.87. The highest BCUT2D eigenvalue weighted by Crippen LogP contribution is 2.57. The zero-order valence-electron chi connectivity index (χ0n) is 7.65. The third kappa shape index (κ3) is 1.81. The summed E-state index contributed by atoms with van der Waals surface area (Å²) in [7, 11) is 0. The number of halogens is 7. The first-order chi connectivity index (χ1) is 5.75. The standard InChI is InChI=1S/C7H9F7/c1-4(5(2,8)9,6(3,10)11)7(12,13)14/h1-3H3. The van der Waals surface area contributed by atoms with Crippen molar-refractivity contribution in [3.05, 3.63) is 0 Å². The van der Waals surface area contributed by atoms with Gasteiger partial charge in [0, 0.05) is 13.8 Å². The minimum atomic E-state index is -5.68. The number of hydrogen-bond acceptors (Lipinski definition) is 0. The van der Waals surface area contributed by atoms with Crippen molar-refractivity contribution in [2.24, 2.45) is 5.41 Å². The normalized spacial score (nSPS) is 15.9. The van der Waals surface area contributed by atoms with Crippen molar-refractivity contribution < 1.29 is 30.7 Å². The quantitative estimate of drug-likeness (QED) is 0.627. The molecule has 0 atom stereocenters. The highest BCUT2D eigenvalue weighted by molar-refractivity contribution is 5.00. The molecule has 0 fully saturated rings. The predicted molar refractivity (Wildman–Crippen MR) is 35.4 cm³/mol. The topological polar surface area (TPSA) is 0 Å². The number of alkyl halides is 7. The van der Waals surface area contributed by atoms with Gasteiger partial charge in [-0.2, -0.15) is 13.2 Å². The average Bonchev–Trinajstić information content (AvgIpc) is 1.77. The van der Waals surface area contributed by atoms with E-state index in [0.717, 1.165) is 0 Å². The minimum absolute atomic E-state index is 0.169. The van der Waals surface area contributed by atoms with Gasteiger partial charge >= 0.3 is 6.18 Å². The molecule has 0 unspecified atom stereocenters. The zero-order valence-corrected chi connectivity index (χ0v) is 7.65. The maximum Gasteiger partial charge on any atom is 0.405 e. The molecule has 0 amide bonds. The van der Waals surface area contributed by atoms with E-state index in [0.29, 0.717) is 0 Å². The van der Waals surface area contributed by atoms with E-state index in [4.69, 9.17) is 0 Å². The van der Waals surface area contributed by atoms with Gasteiger partial charge in [-0.05, 0) is 6.92 Å². The Kier molecular flexibility index (Phi) is 2.89. The van der Waals surface area contributed by atoms with Crippen LogP contribution < -0.4 is 0 Å². The summed E-state index contributed by atoms with van der Waals surface area (Å²) < 4.78 is 86.7. The molecule has 0 saturated carbocycles.